The second-order valence-corrected chi connectivity index (χ2v) is 4.98. The molecule has 0 spiro atoms. The summed E-state index contributed by atoms with van der Waals surface area (Å²) in [5.41, 5.74) is 9.62. The fourth-order valence-corrected chi connectivity index (χ4v) is 2.35. The van der Waals surface area contributed by atoms with Crippen molar-refractivity contribution in [2.75, 3.05) is 6.54 Å². The van der Waals surface area contributed by atoms with Crippen molar-refractivity contribution in [3.05, 3.63) is 53.3 Å². The van der Waals surface area contributed by atoms with Gasteiger partial charge in [0, 0.05) is 37.9 Å². The van der Waals surface area contributed by atoms with Crippen LogP contribution in [0.4, 0.5) is 0 Å². The molecule has 4 heteroatoms. The van der Waals surface area contributed by atoms with Crippen LogP contribution < -0.4 is 5.73 Å². The van der Waals surface area contributed by atoms with Crippen molar-refractivity contribution in [3.63, 3.8) is 0 Å². The Balaban J connectivity index is 2.05. The van der Waals surface area contributed by atoms with Gasteiger partial charge in [0.2, 0.25) is 0 Å². The van der Waals surface area contributed by atoms with E-state index in [1.54, 1.807) is 0 Å². The number of hydrogen-bond acceptors (Lipinski definition) is 3. The molecule has 0 aliphatic rings. The Labute approximate surface area is 121 Å². The Morgan fingerprint density at radius 3 is 2.50 bits per heavy atom. The minimum Gasteiger partial charge on any atom is -0.326 e. The van der Waals surface area contributed by atoms with Crippen LogP contribution in [0.15, 0.2) is 36.7 Å². The summed E-state index contributed by atoms with van der Waals surface area (Å²) in [6.45, 7) is 8.68. The van der Waals surface area contributed by atoms with E-state index in [0.29, 0.717) is 6.54 Å². The van der Waals surface area contributed by atoms with Crippen molar-refractivity contribution in [3.8, 4) is 0 Å². The molecule has 2 N–H and O–H groups in total. The minimum atomic E-state index is 0.599. The van der Waals surface area contributed by atoms with Gasteiger partial charge >= 0.3 is 0 Å². The molecular formula is C16H24N4. The van der Waals surface area contributed by atoms with Crippen molar-refractivity contribution in [1.82, 2.24) is 14.7 Å². The molecule has 0 unspecified atom stereocenters. The number of nitrogens with two attached hydrogens (primary N) is 1. The van der Waals surface area contributed by atoms with E-state index < -0.39 is 0 Å². The molecule has 1 heterocycles. The van der Waals surface area contributed by atoms with Gasteiger partial charge in [-0.2, -0.15) is 5.10 Å². The molecule has 20 heavy (non-hydrogen) atoms. The largest absolute Gasteiger partial charge is 0.326 e. The third-order valence-electron chi connectivity index (χ3n) is 3.60. The summed E-state index contributed by atoms with van der Waals surface area (Å²) in [7, 11) is 0. The number of aromatic nitrogens is 2. The van der Waals surface area contributed by atoms with Gasteiger partial charge in [-0.1, -0.05) is 31.2 Å². The first kappa shape index (κ1) is 14.8. The molecule has 0 fully saturated rings. The number of nitrogens with zero attached hydrogens (tertiary/aromatic N) is 3. The first-order chi connectivity index (χ1) is 9.76. The topological polar surface area (TPSA) is 47.1 Å². The fourth-order valence-electron chi connectivity index (χ4n) is 2.35. The van der Waals surface area contributed by atoms with Crippen LogP contribution in [0.3, 0.4) is 0 Å². The molecular weight excluding hydrogens is 248 g/mol. The monoisotopic (exact) mass is 272 g/mol. The Morgan fingerprint density at radius 2 is 1.90 bits per heavy atom. The number of hydrogen-bond donors (Lipinski definition) is 1. The summed E-state index contributed by atoms with van der Waals surface area (Å²) in [6.07, 6.45) is 4.08. The molecule has 2 rings (SSSR count). The second-order valence-electron chi connectivity index (χ2n) is 4.98. The highest BCUT2D eigenvalue weighted by molar-refractivity contribution is 5.26. The maximum atomic E-state index is 5.81. The van der Waals surface area contributed by atoms with Crippen molar-refractivity contribution < 1.29 is 0 Å². The van der Waals surface area contributed by atoms with Gasteiger partial charge in [-0.05, 0) is 24.6 Å². The summed E-state index contributed by atoms with van der Waals surface area (Å²) in [4.78, 5) is 2.41. The predicted molar refractivity (Wildman–Crippen MR) is 82.0 cm³/mol. The van der Waals surface area contributed by atoms with Gasteiger partial charge in [0.1, 0.15) is 0 Å². The smallest absolute Gasteiger partial charge is 0.0534 e. The summed E-state index contributed by atoms with van der Waals surface area (Å²) in [6, 6.07) is 8.41. The summed E-state index contributed by atoms with van der Waals surface area (Å²) < 4.78 is 1.97. The van der Waals surface area contributed by atoms with Gasteiger partial charge in [0.05, 0.1) is 6.20 Å². The molecule has 0 bridgehead atoms. The van der Waals surface area contributed by atoms with Crippen LogP contribution in [-0.4, -0.2) is 21.2 Å². The van der Waals surface area contributed by atoms with Crippen LogP contribution in [-0.2, 0) is 26.2 Å². The molecule has 0 amide bonds. The number of benzene rings is 1. The van der Waals surface area contributed by atoms with Crippen molar-refractivity contribution in [1.29, 1.82) is 0 Å². The molecule has 0 aliphatic heterocycles. The summed E-state index contributed by atoms with van der Waals surface area (Å²) >= 11 is 0. The molecule has 0 saturated heterocycles. The Morgan fingerprint density at radius 1 is 1.15 bits per heavy atom. The Hall–Kier alpha value is -1.65. The Bertz CT molecular complexity index is 533. The molecule has 0 radical (unpaired) electrons. The van der Waals surface area contributed by atoms with E-state index in [-0.39, 0.29) is 0 Å². The lowest BCUT2D eigenvalue weighted by molar-refractivity contribution is 0.270. The highest BCUT2D eigenvalue weighted by Crippen LogP contribution is 2.13. The lowest BCUT2D eigenvalue weighted by Gasteiger charge is -2.21. The highest BCUT2D eigenvalue weighted by atomic mass is 15.3. The van der Waals surface area contributed by atoms with Crippen LogP contribution in [0.2, 0.25) is 0 Å². The zero-order valence-corrected chi connectivity index (χ0v) is 12.4. The van der Waals surface area contributed by atoms with Gasteiger partial charge in [0.25, 0.3) is 0 Å². The molecule has 0 atom stereocenters. The maximum absolute atomic E-state index is 5.81. The lowest BCUT2D eigenvalue weighted by atomic mass is 10.1. The molecule has 0 saturated carbocycles. The quantitative estimate of drug-likeness (QED) is 0.842. The molecule has 1 aromatic heterocycles. The molecule has 1 aromatic carbocycles. The van der Waals surface area contributed by atoms with Crippen molar-refractivity contribution >= 4 is 0 Å². The molecule has 4 nitrogen and oxygen atoms in total. The van der Waals surface area contributed by atoms with Gasteiger partial charge < -0.3 is 5.73 Å². The normalized spacial score (nSPS) is 11.2. The van der Waals surface area contributed by atoms with E-state index in [0.717, 1.165) is 26.2 Å². The average Bonchev–Trinajstić information content (AvgIpc) is 2.94. The average molecular weight is 272 g/mol. The first-order valence-electron chi connectivity index (χ1n) is 7.27. The first-order valence-corrected chi connectivity index (χ1v) is 7.27. The minimum absolute atomic E-state index is 0.599. The fraction of sp³-hybridized carbons (Fsp3) is 0.438. The SMILES string of the molecule is CCN(Cc1cnn(CC)c1)Cc1ccccc1CN. The van der Waals surface area contributed by atoms with Crippen LogP contribution >= 0.6 is 0 Å². The van der Waals surface area contributed by atoms with E-state index in [1.165, 1.54) is 16.7 Å². The van der Waals surface area contributed by atoms with E-state index in [9.17, 15) is 0 Å². The van der Waals surface area contributed by atoms with E-state index >= 15 is 0 Å². The Kier molecular flexibility index (Phi) is 5.32. The lowest BCUT2D eigenvalue weighted by Crippen LogP contribution is -2.23. The zero-order valence-electron chi connectivity index (χ0n) is 12.4. The van der Waals surface area contributed by atoms with Crippen LogP contribution in [0, 0.1) is 0 Å². The van der Waals surface area contributed by atoms with Crippen LogP contribution in [0.25, 0.3) is 0 Å². The van der Waals surface area contributed by atoms with E-state index in [1.807, 2.05) is 16.9 Å². The second kappa shape index (κ2) is 7.22. The number of rotatable bonds is 7. The van der Waals surface area contributed by atoms with Gasteiger partial charge in [-0.15, -0.1) is 0 Å². The predicted octanol–water partition coefficient (Wildman–Crippen LogP) is 2.38. The molecule has 108 valence electrons. The maximum Gasteiger partial charge on any atom is 0.0534 e. The standard InChI is InChI=1S/C16H24N4/c1-3-19(11-14-10-18-20(4-2)12-14)13-16-8-6-5-7-15(16)9-17/h5-8,10,12H,3-4,9,11,13,17H2,1-2H3. The zero-order chi connectivity index (χ0) is 14.4. The third-order valence-corrected chi connectivity index (χ3v) is 3.60. The molecule has 2 aromatic rings. The van der Waals surface area contributed by atoms with E-state index in [4.69, 9.17) is 5.73 Å². The van der Waals surface area contributed by atoms with Crippen molar-refractivity contribution in [2.24, 2.45) is 5.73 Å². The molecule has 0 aliphatic carbocycles. The van der Waals surface area contributed by atoms with Crippen molar-refractivity contribution in [2.45, 2.75) is 40.0 Å². The highest BCUT2D eigenvalue weighted by Gasteiger charge is 2.08. The van der Waals surface area contributed by atoms with Gasteiger partial charge in [0.15, 0.2) is 0 Å². The van der Waals surface area contributed by atoms with Crippen LogP contribution in [0.5, 0.6) is 0 Å². The van der Waals surface area contributed by atoms with E-state index in [2.05, 4.69) is 48.2 Å². The van der Waals surface area contributed by atoms with Gasteiger partial charge in [-0.25, -0.2) is 0 Å². The third kappa shape index (κ3) is 3.68. The van der Waals surface area contributed by atoms with Crippen LogP contribution in [0.1, 0.15) is 30.5 Å². The number of aryl methyl sites for hydroxylation is 1. The summed E-state index contributed by atoms with van der Waals surface area (Å²) in [5, 5.41) is 4.33. The van der Waals surface area contributed by atoms with Gasteiger partial charge in [-0.3, -0.25) is 9.58 Å². The summed E-state index contributed by atoms with van der Waals surface area (Å²) in [5.74, 6) is 0.